The number of halogens is 1. The van der Waals surface area contributed by atoms with Gasteiger partial charge in [-0.05, 0) is 24.0 Å². The van der Waals surface area contributed by atoms with Crippen LogP contribution in [0.15, 0.2) is 18.2 Å². The maximum atomic E-state index is 11.2. The van der Waals surface area contributed by atoms with Crippen LogP contribution in [0, 0.1) is 11.8 Å². The second-order valence-electron chi connectivity index (χ2n) is 5.49. The van der Waals surface area contributed by atoms with Crippen molar-refractivity contribution in [3.05, 3.63) is 28.8 Å². The van der Waals surface area contributed by atoms with Gasteiger partial charge in [-0.15, -0.1) is 0 Å². The third kappa shape index (κ3) is 4.02. The Morgan fingerprint density at radius 3 is 2.17 bits per heavy atom. The SMILES string of the molecule is CC(C)CN(CC(C)C)c1c(Cl)cccc1C=O. The molecule has 0 atom stereocenters. The first-order valence-corrected chi connectivity index (χ1v) is 6.82. The smallest absolute Gasteiger partial charge is 0.152 e. The molecule has 0 aliphatic carbocycles. The number of aldehydes is 1. The lowest BCUT2D eigenvalue weighted by atomic mass is 10.1. The fourth-order valence-corrected chi connectivity index (χ4v) is 2.40. The third-order valence-corrected chi connectivity index (χ3v) is 2.94. The Bertz CT molecular complexity index is 391. The van der Waals surface area contributed by atoms with Crippen molar-refractivity contribution < 1.29 is 4.79 Å². The van der Waals surface area contributed by atoms with Gasteiger partial charge in [0, 0.05) is 18.7 Å². The summed E-state index contributed by atoms with van der Waals surface area (Å²) in [6, 6.07) is 5.48. The molecule has 0 aliphatic heterocycles. The average Bonchev–Trinajstić information content (AvgIpc) is 2.26. The van der Waals surface area contributed by atoms with E-state index in [1.165, 1.54) is 0 Å². The van der Waals surface area contributed by atoms with Crippen LogP contribution in [-0.4, -0.2) is 19.4 Å². The second kappa shape index (κ2) is 6.79. The number of benzene rings is 1. The van der Waals surface area contributed by atoms with E-state index >= 15 is 0 Å². The van der Waals surface area contributed by atoms with E-state index in [4.69, 9.17) is 11.6 Å². The van der Waals surface area contributed by atoms with Crippen LogP contribution in [0.25, 0.3) is 0 Å². The molecule has 1 aromatic carbocycles. The molecule has 0 aromatic heterocycles. The first-order chi connectivity index (χ1) is 8.45. The van der Waals surface area contributed by atoms with Crippen molar-refractivity contribution in [1.29, 1.82) is 0 Å². The summed E-state index contributed by atoms with van der Waals surface area (Å²) in [5.41, 5.74) is 1.54. The van der Waals surface area contributed by atoms with Crippen molar-refractivity contribution >= 4 is 23.6 Å². The van der Waals surface area contributed by atoms with Crippen molar-refractivity contribution in [2.75, 3.05) is 18.0 Å². The van der Waals surface area contributed by atoms with Crippen LogP contribution in [0.4, 0.5) is 5.69 Å². The molecule has 3 heteroatoms. The number of hydrogen-bond acceptors (Lipinski definition) is 2. The summed E-state index contributed by atoms with van der Waals surface area (Å²) in [4.78, 5) is 13.4. The lowest BCUT2D eigenvalue weighted by Gasteiger charge is -2.30. The van der Waals surface area contributed by atoms with E-state index in [1.54, 1.807) is 0 Å². The number of anilines is 1. The molecule has 0 spiro atoms. The Labute approximate surface area is 115 Å². The summed E-state index contributed by atoms with van der Waals surface area (Å²) in [5, 5.41) is 0.654. The number of rotatable bonds is 6. The van der Waals surface area contributed by atoms with E-state index in [1.807, 2.05) is 18.2 Å². The highest BCUT2D eigenvalue weighted by molar-refractivity contribution is 6.33. The minimum Gasteiger partial charge on any atom is -0.369 e. The van der Waals surface area contributed by atoms with Gasteiger partial charge in [0.25, 0.3) is 0 Å². The highest BCUT2D eigenvalue weighted by Gasteiger charge is 2.16. The topological polar surface area (TPSA) is 20.3 Å². The van der Waals surface area contributed by atoms with Gasteiger partial charge in [-0.1, -0.05) is 45.4 Å². The molecule has 1 aromatic rings. The molecule has 0 saturated carbocycles. The van der Waals surface area contributed by atoms with Gasteiger partial charge in [0.1, 0.15) is 0 Å². The highest BCUT2D eigenvalue weighted by atomic mass is 35.5. The van der Waals surface area contributed by atoms with E-state index in [-0.39, 0.29) is 0 Å². The van der Waals surface area contributed by atoms with Gasteiger partial charge in [-0.3, -0.25) is 4.79 Å². The molecular weight excluding hydrogens is 246 g/mol. The Hall–Kier alpha value is -1.02. The van der Waals surface area contributed by atoms with Crippen molar-refractivity contribution in [3.8, 4) is 0 Å². The molecule has 0 saturated heterocycles. The molecule has 0 aliphatic rings. The zero-order valence-corrected chi connectivity index (χ0v) is 12.4. The Balaban J connectivity index is 3.14. The summed E-state index contributed by atoms with van der Waals surface area (Å²) < 4.78 is 0. The second-order valence-corrected chi connectivity index (χ2v) is 5.90. The standard InChI is InChI=1S/C15H22ClNO/c1-11(2)8-17(9-12(3)4)15-13(10-18)6-5-7-14(15)16/h5-7,10-12H,8-9H2,1-4H3. The molecule has 18 heavy (non-hydrogen) atoms. The average molecular weight is 268 g/mol. The minimum atomic E-state index is 0.527. The minimum absolute atomic E-state index is 0.527. The Morgan fingerprint density at radius 1 is 1.17 bits per heavy atom. The third-order valence-electron chi connectivity index (χ3n) is 2.63. The van der Waals surface area contributed by atoms with Crippen LogP contribution in [0.2, 0.25) is 5.02 Å². The van der Waals surface area contributed by atoms with Crippen LogP contribution in [0.1, 0.15) is 38.1 Å². The number of para-hydroxylation sites is 1. The van der Waals surface area contributed by atoms with E-state index in [9.17, 15) is 4.79 Å². The van der Waals surface area contributed by atoms with Crippen molar-refractivity contribution in [2.24, 2.45) is 11.8 Å². The van der Waals surface area contributed by atoms with Crippen LogP contribution < -0.4 is 4.90 Å². The highest BCUT2D eigenvalue weighted by Crippen LogP contribution is 2.30. The van der Waals surface area contributed by atoms with E-state index in [2.05, 4.69) is 32.6 Å². The van der Waals surface area contributed by atoms with Gasteiger partial charge in [0.05, 0.1) is 10.7 Å². The zero-order valence-electron chi connectivity index (χ0n) is 11.6. The van der Waals surface area contributed by atoms with Gasteiger partial charge >= 0.3 is 0 Å². The van der Waals surface area contributed by atoms with Crippen molar-refractivity contribution in [3.63, 3.8) is 0 Å². The molecule has 0 heterocycles. The number of nitrogens with zero attached hydrogens (tertiary/aromatic N) is 1. The zero-order chi connectivity index (χ0) is 13.7. The van der Waals surface area contributed by atoms with Crippen LogP contribution in [-0.2, 0) is 0 Å². The monoisotopic (exact) mass is 267 g/mol. The van der Waals surface area contributed by atoms with Crippen molar-refractivity contribution in [2.45, 2.75) is 27.7 Å². The summed E-state index contributed by atoms with van der Waals surface area (Å²) in [5.74, 6) is 1.05. The summed E-state index contributed by atoms with van der Waals surface area (Å²) in [7, 11) is 0. The maximum absolute atomic E-state index is 11.2. The fraction of sp³-hybridized carbons (Fsp3) is 0.533. The normalized spacial score (nSPS) is 11.1. The molecule has 2 nitrogen and oxygen atoms in total. The van der Waals surface area contributed by atoms with E-state index < -0.39 is 0 Å². The van der Waals surface area contributed by atoms with Crippen LogP contribution >= 0.6 is 11.6 Å². The number of carbonyl (C=O) groups excluding carboxylic acids is 1. The maximum Gasteiger partial charge on any atom is 0.152 e. The molecule has 0 N–H and O–H groups in total. The van der Waals surface area contributed by atoms with E-state index in [0.29, 0.717) is 22.4 Å². The first-order valence-electron chi connectivity index (χ1n) is 6.44. The van der Waals surface area contributed by atoms with Crippen LogP contribution in [0.3, 0.4) is 0 Å². The largest absolute Gasteiger partial charge is 0.369 e. The predicted molar refractivity (Wildman–Crippen MR) is 78.7 cm³/mol. The van der Waals surface area contributed by atoms with Gasteiger partial charge < -0.3 is 4.90 Å². The number of hydrogen-bond donors (Lipinski definition) is 0. The lowest BCUT2D eigenvalue weighted by Crippen LogP contribution is -2.32. The van der Waals surface area contributed by atoms with Crippen LogP contribution in [0.5, 0.6) is 0 Å². The Morgan fingerprint density at radius 2 is 1.72 bits per heavy atom. The lowest BCUT2D eigenvalue weighted by molar-refractivity contribution is 0.112. The number of carbonyl (C=O) groups is 1. The predicted octanol–water partition coefficient (Wildman–Crippen LogP) is 4.27. The molecule has 0 amide bonds. The summed E-state index contributed by atoms with van der Waals surface area (Å²) in [6.45, 7) is 10.5. The molecule has 0 radical (unpaired) electrons. The molecule has 0 fully saturated rings. The molecule has 0 bridgehead atoms. The van der Waals surface area contributed by atoms with Crippen molar-refractivity contribution in [1.82, 2.24) is 0 Å². The molecule has 100 valence electrons. The summed E-state index contributed by atoms with van der Waals surface area (Å²) in [6.07, 6.45) is 0.884. The fourth-order valence-electron chi connectivity index (χ4n) is 2.10. The van der Waals surface area contributed by atoms with Gasteiger partial charge in [0.15, 0.2) is 6.29 Å². The summed E-state index contributed by atoms with van der Waals surface area (Å²) >= 11 is 6.27. The van der Waals surface area contributed by atoms with Gasteiger partial charge in [0.2, 0.25) is 0 Å². The van der Waals surface area contributed by atoms with E-state index in [0.717, 1.165) is 25.1 Å². The molecule has 0 unspecified atom stereocenters. The van der Waals surface area contributed by atoms with Gasteiger partial charge in [-0.2, -0.15) is 0 Å². The van der Waals surface area contributed by atoms with Gasteiger partial charge in [-0.25, -0.2) is 0 Å². The molecular formula is C15H22ClNO. The quantitative estimate of drug-likeness (QED) is 0.718. The molecule has 1 rings (SSSR count). The first kappa shape index (κ1) is 15.0. The Kier molecular flexibility index (Phi) is 5.67.